The van der Waals surface area contributed by atoms with Gasteiger partial charge in [0.15, 0.2) is 17.4 Å². The quantitative estimate of drug-likeness (QED) is 0.194. The first kappa shape index (κ1) is 31.7. The van der Waals surface area contributed by atoms with Crippen molar-refractivity contribution in [3.05, 3.63) is 52.8 Å². The number of aromatic amines is 1. The van der Waals surface area contributed by atoms with Crippen molar-refractivity contribution >= 4 is 24.9 Å². The Morgan fingerprint density at radius 2 is 2.00 bits per heavy atom. The number of esters is 1. The third kappa shape index (κ3) is 6.72. The molecule has 6 atom stereocenters. The number of nitrogens with one attached hydrogen (secondary N) is 2. The summed E-state index contributed by atoms with van der Waals surface area (Å²) in [7, 11) is -4.55. The summed E-state index contributed by atoms with van der Waals surface area (Å²) in [4.78, 5) is 35.5. The van der Waals surface area contributed by atoms with Gasteiger partial charge in [-0.05, 0) is 38.3 Å². The number of ether oxygens (including phenoxy) is 2. The van der Waals surface area contributed by atoms with Gasteiger partial charge in [0.2, 0.25) is 0 Å². The molecule has 1 saturated heterocycles. The Hall–Kier alpha value is -3.20. The summed E-state index contributed by atoms with van der Waals surface area (Å²) >= 11 is 0. The maximum atomic E-state index is 16.2. The predicted octanol–water partition coefficient (Wildman–Crippen LogP) is 2.51. The number of nitrogens with zero attached hydrogens (tertiary/aromatic N) is 3. The smallest absolute Gasteiger partial charge is 0.459 e. The lowest BCUT2D eigenvalue weighted by Crippen LogP contribution is -2.49. The molecule has 1 aromatic carbocycles. The van der Waals surface area contributed by atoms with Gasteiger partial charge in [-0.15, -0.1) is 0 Å². The number of hydrogen-bond donors (Lipinski definition) is 4. The maximum Gasteiger partial charge on any atom is 0.459 e. The number of alkyl halides is 1. The molecule has 0 aliphatic carbocycles. The van der Waals surface area contributed by atoms with Gasteiger partial charge in [0, 0.05) is 0 Å². The fourth-order valence-electron chi connectivity index (χ4n) is 4.19. The van der Waals surface area contributed by atoms with Gasteiger partial charge in [0.05, 0.1) is 12.9 Å². The van der Waals surface area contributed by atoms with Gasteiger partial charge in [-0.2, -0.15) is 5.09 Å². The van der Waals surface area contributed by atoms with Crippen molar-refractivity contribution in [2.45, 2.75) is 71.4 Å². The molecule has 16 heteroatoms. The standard InChI is InChI=1S/C26H35FN5O9P/c1-15(21(34)38-12-24(3,4)5)31-42(37,41-17-10-8-7-9-11-17)39-13-26(27)22(35)25(6,36)23(40-26)32-14-28-18-19(32)29-16(2)30-20(18)33/h7-11,14-15,22-23,35-36H,12-13H2,1-6H3,(H,31,37)(H,29,30,33)/t15-,22+,23-,25-,26-,42?/m1/s1. The molecule has 1 fully saturated rings. The van der Waals surface area contributed by atoms with Gasteiger partial charge >= 0.3 is 13.7 Å². The Morgan fingerprint density at radius 1 is 1.33 bits per heavy atom. The van der Waals surface area contributed by atoms with E-state index in [1.165, 1.54) is 26.0 Å². The number of imidazole rings is 1. The van der Waals surface area contributed by atoms with Crippen LogP contribution in [0, 0.1) is 12.3 Å². The number of carbonyl (C=O) groups excluding carboxylic acids is 1. The molecule has 4 rings (SSSR count). The number of carbonyl (C=O) groups is 1. The van der Waals surface area contributed by atoms with Gasteiger partial charge in [-0.1, -0.05) is 39.0 Å². The molecule has 14 nitrogen and oxygen atoms in total. The number of rotatable bonds is 10. The van der Waals surface area contributed by atoms with Gasteiger partial charge in [-0.25, -0.2) is 18.9 Å². The fourth-order valence-corrected chi connectivity index (χ4v) is 5.69. The Labute approximate surface area is 240 Å². The highest BCUT2D eigenvalue weighted by molar-refractivity contribution is 7.52. The van der Waals surface area contributed by atoms with Crippen LogP contribution in [-0.2, 0) is 23.4 Å². The molecule has 1 unspecified atom stereocenters. The van der Waals surface area contributed by atoms with E-state index in [0.29, 0.717) is 0 Å². The number of H-pyrrole nitrogens is 1. The van der Waals surface area contributed by atoms with Crippen LogP contribution in [0.3, 0.4) is 0 Å². The summed E-state index contributed by atoms with van der Waals surface area (Å²) in [5, 5.41) is 24.4. The first-order valence-corrected chi connectivity index (χ1v) is 14.6. The molecule has 0 spiro atoms. The highest BCUT2D eigenvalue weighted by Crippen LogP contribution is 2.50. The van der Waals surface area contributed by atoms with Gasteiger partial charge in [-0.3, -0.25) is 18.7 Å². The van der Waals surface area contributed by atoms with Crippen LogP contribution in [0.5, 0.6) is 5.75 Å². The Balaban J connectivity index is 1.58. The molecule has 0 bridgehead atoms. The van der Waals surface area contributed by atoms with Crippen molar-refractivity contribution in [1.82, 2.24) is 24.6 Å². The molecule has 0 radical (unpaired) electrons. The average Bonchev–Trinajstić information content (AvgIpc) is 3.39. The van der Waals surface area contributed by atoms with E-state index in [1.807, 2.05) is 20.8 Å². The molecule has 3 aromatic rings. The van der Waals surface area contributed by atoms with E-state index >= 15 is 4.39 Å². The number of aliphatic hydroxyl groups is 2. The molecule has 0 amide bonds. The third-order valence-corrected chi connectivity index (χ3v) is 7.95. The zero-order valence-electron chi connectivity index (χ0n) is 24.0. The number of aliphatic hydroxyl groups excluding tert-OH is 1. The molecule has 0 saturated carbocycles. The largest absolute Gasteiger partial charge is 0.464 e. The van der Waals surface area contributed by atoms with Gasteiger partial charge < -0.3 is 29.2 Å². The highest BCUT2D eigenvalue weighted by atomic mass is 31.2. The Bertz CT molecular complexity index is 1540. The number of aromatic nitrogens is 4. The number of halogens is 1. The van der Waals surface area contributed by atoms with E-state index in [4.69, 9.17) is 18.5 Å². The molecule has 1 aliphatic rings. The summed E-state index contributed by atoms with van der Waals surface area (Å²) in [6.45, 7) is 8.46. The molecular formula is C26H35FN5O9P. The SMILES string of the molecule is Cc1nc2c(ncn2[C@@H]2O[C@](F)(COP(=O)(N[C@H](C)C(=O)OCC(C)(C)C)Oc3ccccc3)[C@@H](O)[C@@]2(C)O)c(=O)[nH]1. The van der Waals surface area contributed by atoms with Crippen LogP contribution in [0.1, 0.15) is 46.7 Å². The minimum atomic E-state index is -4.55. The van der Waals surface area contributed by atoms with Crippen molar-refractivity contribution in [2.75, 3.05) is 13.2 Å². The third-order valence-electron chi connectivity index (χ3n) is 6.33. The normalized spacial score (nSPS) is 26.6. The number of benzene rings is 1. The Morgan fingerprint density at radius 3 is 2.64 bits per heavy atom. The first-order chi connectivity index (χ1) is 19.4. The molecule has 42 heavy (non-hydrogen) atoms. The molecule has 4 N–H and O–H groups in total. The lowest BCUT2D eigenvalue weighted by atomic mass is 9.95. The summed E-state index contributed by atoms with van der Waals surface area (Å²) in [6, 6.07) is 6.59. The van der Waals surface area contributed by atoms with Crippen LogP contribution in [0.15, 0.2) is 41.5 Å². The second-order valence-electron chi connectivity index (χ2n) is 11.6. The second kappa shape index (κ2) is 11.5. The van der Waals surface area contributed by atoms with Crippen LogP contribution in [0.2, 0.25) is 0 Å². The van der Waals surface area contributed by atoms with E-state index in [1.54, 1.807) is 18.2 Å². The van der Waals surface area contributed by atoms with E-state index in [9.17, 15) is 24.4 Å². The number of hydrogen-bond acceptors (Lipinski definition) is 11. The fraction of sp³-hybridized carbons (Fsp3) is 0.538. The molecule has 2 aromatic heterocycles. The first-order valence-electron chi connectivity index (χ1n) is 13.1. The van der Waals surface area contributed by atoms with Crippen molar-refractivity contribution in [3.63, 3.8) is 0 Å². The second-order valence-corrected chi connectivity index (χ2v) is 13.2. The topological polar surface area (TPSA) is 187 Å². The zero-order chi connectivity index (χ0) is 31.1. The lowest BCUT2D eigenvalue weighted by molar-refractivity contribution is -0.202. The molecular weight excluding hydrogens is 576 g/mol. The van der Waals surface area contributed by atoms with Gasteiger partial charge in [0.25, 0.3) is 11.4 Å². The monoisotopic (exact) mass is 611 g/mol. The lowest BCUT2D eigenvalue weighted by Gasteiger charge is -2.29. The van der Waals surface area contributed by atoms with E-state index in [2.05, 4.69) is 20.0 Å². The number of aryl methyl sites for hydroxylation is 1. The highest BCUT2D eigenvalue weighted by Gasteiger charge is 2.64. The maximum absolute atomic E-state index is 16.2. The summed E-state index contributed by atoms with van der Waals surface area (Å²) < 4.78 is 52.8. The van der Waals surface area contributed by atoms with Crippen molar-refractivity contribution in [2.24, 2.45) is 5.41 Å². The van der Waals surface area contributed by atoms with E-state index in [0.717, 1.165) is 17.8 Å². The van der Waals surface area contributed by atoms with E-state index < -0.39 is 55.7 Å². The summed E-state index contributed by atoms with van der Waals surface area (Å²) in [6.07, 6.45) is -2.76. The minimum absolute atomic E-state index is 0.0266. The van der Waals surface area contributed by atoms with Crippen molar-refractivity contribution in [3.8, 4) is 5.75 Å². The molecule has 1 aliphatic heterocycles. The zero-order valence-corrected chi connectivity index (χ0v) is 24.9. The average molecular weight is 612 g/mol. The minimum Gasteiger partial charge on any atom is -0.464 e. The van der Waals surface area contributed by atoms with Crippen LogP contribution in [0.25, 0.3) is 11.2 Å². The van der Waals surface area contributed by atoms with E-state index in [-0.39, 0.29) is 34.8 Å². The van der Waals surface area contributed by atoms with Crippen LogP contribution >= 0.6 is 7.75 Å². The van der Waals surface area contributed by atoms with Gasteiger partial charge in [0.1, 0.15) is 35.9 Å². The number of para-hydroxylation sites is 1. The number of fused-ring (bicyclic) bond motifs is 1. The van der Waals surface area contributed by atoms with Crippen molar-refractivity contribution in [1.29, 1.82) is 0 Å². The summed E-state index contributed by atoms with van der Waals surface area (Å²) in [5.74, 6) is -3.60. The predicted molar refractivity (Wildman–Crippen MR) is 147 cm³/mol. The molecule has 3 heterocycles. The Kier molecular flexibility index (Phi) is 8.67. The van der Waals surface area contributed by atoms with Crippen LogP contribution in [0.4, 0.5) is 4.39 Å². The van der Waals surface area contributed by atoms with Crippen molar-refractivity contribution < 1.29 is 42.5 Å². The van der Waals surface area contributed by atoms with Crippen LogP contribution < -0.4 is 15.2 Å². The molecule has 230 valence electrons. The van der Waals surface area contributed by atoms with Crippen LogP contribution in [-0.4, -0.2) is 72.5 Å². The summed E-state index contributed by atoms with van der Waals surface area (Å²) in [5.41, 5.74) is -3.32.